The zero-order chi connectivity index (χ0) is 19.1. The van der Waals surface area contributed by atoms with E-state index >= 15 is 0 Å². The number of carboxylic acid groups (broad SMARTS) is 1. The lowest BCUT2D eigenvalue weighted by molar-refractivity contribution is 0.0528. The first-order valence-corrected chi connectivity index (χ1v) is 10.4. The standard InChI is InChI=1S/C19H22BrNO4S/c1-4-25-17(22)14-8-12(20)7-13-15(10-21(16(13)14)18(23)24)11-5-6-26-19(2,3)9-11/h7-8,10-11H,4-6,9H2,1-3H3,(H,23,24). The Hall–Kier alpha value is -1.47. The number of benzene rings is 1. The van der Waals surface area contributed by atoms with Gasteiger partial charge in [0.2, 0.25) is 0 Å². The number of carbonyl (C=O) groups is 2. The summed E-state index contributed by atoms with van der Waals surface area (Å²) >= 11 is 5.41. The zero-order valence-corrected chi connectivity index (χ0v) is 17.4. The Balaban J connectivity index is 2.22. The fourth-order valence-electron chi connectivity index (χ4n) is 3.69. The van der Waals surface area contributed by atoms with E-state index in [1.807, 2.05) is 17.8 Å². The summed E-state index contributed by atoms with van der Waals surface area (Å²) < 4.78 is 7.20. The highest BCUT2D eigenvalue weighted by Gasteiger charge is 2.32. The smallest absolute Gasteiger partial charge is 0.416 e. The molecule has 2 heterocycles. The number of nitrogens with zero attached hydrogens (tertiary/aromatic N) is 1. The minimum atomic E-state index is -1.10. The summed E-state index contributed by atoms with van der Waals surface area (Å²) in [6.45, 7) is 6.42. The van der Waals surface area contributed by atoms with Crippen LogP contribution in [-0.4, -0.2) is 38.8 Å². The molecular weight excluding hydrogens is 418 g/mol. The van der Waals surface area contributed by atoms with Crippen molar-refractivity contribution < 1.29 is 19.4 Å². The van der Waals surface area contributed by atoms with Crippen molar-refractivity contribution in [2.45, 2.75) is 44.3 Å². The molecule has 0 saturated carbocycles. The molecule has 1 saturated heterocycles. The van der Waals surface area contributed by atoms with Gasteiger partial charge in [-0.3, -0.25) is 4.57 Å². The number of fused-ring (bicyclic) bond motifs is 1. The van der Waals surface area contributed by atoms with Gasteiger partial charge in [0, 0.05) is 20.8 Å². The molecule has 0 amide bonds. The molecule has 7 heteroatoms. The van der Waals surface area contributed by atoms with E-state index in [0.717, 1.165) is 38.6 Å². The number of ether oxygens (including phenoxy) is 1. The van der Waals surface area contributed by atoms with Crippen LogP contribution in [0.4, 0.5) is 4.79 Å². The maximum Gasteiger partial charge on any atom is 0.416 e. The molecule has 1 aromatic heterocycles. The van der Waals surface area contributed by atoms with E-state index in [0.29, 0.717) is 5.52 Å². The van der Waals surface area contributed by atoms with Crippen molar-refractivity contribution in [3.8, 4) is 0 Å². The quantitative estimate of drug-likeness (QED) is 0.639. The average molecular weight is 440 g/mol. The number of halogens is 1. The minimum absolute atomic E-state index is 0.149. The largest absolute Gasteiger partial charge is 0.464 e. The fourth-order valence-corrected chi connectivity index (χ4v) is 5.42. The molecule has 1 aliphatic heterocycles. The topological polar surface area (TPSA) is 68.5 Å². The molecule has 1 aliphatic rings. The van der Waals surface area contributed by atoms with Gasteiger partial charge in [-0.2, -0.15) is 11.8 Å². The van der Waals surface area contributed by atoms with Crippen molar-refractivity contribution in [3.05, 3.63) is 33.9 Å². The van der Waals surface area contributed by atoms with Crippen molar-refractivity contribution in [3.63, 3.8) is 0 Å². The SMILES string of the molecule is CCOC(=O)c1cc(Br)cc2c(C3CCSC(C)(C)C3)cn(C(=O)O)c12. The van der Waals surface area contributed by atoms with Crippen molar-refractivity contribution in [1.82, 2.24) is 4.57 Å². The van der Waals surface area contributed by atoms with Gasteiger partial charge in [0.15, 0.2) is 0 Å². The summed E-state index contributed by atoms with van der Waals surface area (Å²) in [5.41, 5.74) is 1.67. The van der Waals surface area contributed by atoms with Crippen molar-refractivity contribution in [2.24, 2.45) is 0 Å². The molecule has 0 aliphatic carbocycles. The molecule has 5 nitrogen and oxygen atoms in total. The van der Waals surface area contributed by atoms with E-state index < -0.39 is 12.1 Å². The number of aromatic nitrogens is 1. The van der Waals surface area contributed by atoms with E-state index in [9.17, 15) is 14.7 Å². The van der Waals surface area contributed by atoms with Gasteiger partial charge in [-0.05, 0) is 49.1 Å². The average Bonchev–Trinajstić information content (AvgIpc) is 2.93. The number of carbonyl (C=O) groups excluding carboxylic acids is 1. The molecular formula is C19H22BrNO4S. The Morgan fingerprint density at radius 1 is 1.42 bits per heavy atom. The molecule has 1 N–H and O–H groups in total. The highest BCUT2D eigenvalue weighted by atomic mass is 79.9. The van der Waals surface area contributed by atoms with Gasteiger partial charge in [-0.25, -0.2) is 9.59 Å². The molecule has 1 unspecified atom stereocenters. The van der Waals surface area contributed by atoms with Gasteiger partial charge in [0.25, 0.3) is 0 Å². The van der Waals surface area contributed by atoms with Crippen molar-refractivity contribution in [1.29, 1.82) is 0 Å². The highest BCUT2D eigenvalue weighted by molar-refractivity contribution is 9.10. The second kappa shape index (κ2) is 7.27. The molecule has 26 heavy (non-hydrogen) atoms. The van der Waals surface area contributed by atoms with Crippen LogP contribution in [0.15, 0.2) is 22.8 Å². The van der Waals surface area contributed by atoms with Crippen LogP contribution in [0.3, 0.4) is 0 Å². The third kappa shape index (κ3) is 3.64. The van der Waals surface area contributed by atoms with E-state index in [1.165, 1.54) is 0 Å². The number of thioether (sulfide) groups is 1. The Morgan fingerprint density at radius 3 is 2.77 bits per heavy atom. The first-order chi connectivity index (χ1) is 12.2. The van der Waals surface area contributed by atoms with Crippen LogP contribution in [0, 0.1) is 0 Å². The summed E-state index contributed by atoms with van der Waals surface area (Å²) in [7, 11) is 0. The summed E-state index contributed by atoms with van der Waals surface area (Å²) in [6, 6.07) is 3.53. The van der Waals surface area contributed by atoms with Crippen LogP contribution in [0.1, 0.15) is 55.5 Å². The van der Waals surface area contributed by atoms with E-state index in [4.69, 9.17) is 4.74 Å². The summed E-state index contributed by atoms with van der Waals surface area (Å²) in [4.78, 5) is 24.3. The van der Waals surface area contributed by atoms with Gasteiger partial charge >= 0.3 is 12.1 Å². The minimum Gasteiger partial charge on any atom is -0.464 e. The van der Waals surface area contributed by atoms with E-state index in [1.54, 1.807) is 19.2 Å². The Kier molecular flexibility index (Phi) is 5.40. The fraction of sp³-hybridized carbons (Fsp3) is 0.474. The summed E-state index contributed by atoms with van der Waals surface area (Å²) in [5.74, 6) is 0.792. The number of hydrogen-bond donors (Lipinski definition) is 1. The highest BCUT2D eigenvalue weighted by Crippen LogP contribution is 2.45. The summed E-state index contributed by atoms with van der Waals surface area (Å²) in [6.07, 6.45) is 2.54. The molecule has 3 rings (SSSR count). The second-order valence-electron chi connectivity index (χ2n) is 7.10. The maximum absolute atomic E-state index is 12.4. The Labute approximate surface area is 165 Å². The molecule has 140 valence electrons. The lowest BCUT2D eigenvalue weighted by atomic mass is 9.87. The van der Waals surface area contributed by atoms with E-state index in [-0.39, 0.29) is 22.8 Å². The molecule has 1 atom stereocenters. The van der Waals surface area contributed by atoms with Gasteiger partial charge in [0.05, 0.1) is 17.7 Å². The predicted octanol–water partition coefficient (Wildman–Crippen LogP) is 5.50. The third-order valence-corrected chi connectivity index (χ3v) is 6.58. The molecule has 2 aromatic rings. The van der Waals surface area contributed by atoms with Crippen LogP contribution in [-0.2, 0) is 4.74 Å². The Morgan fingerprint density at radius 2 is 2.15 bits per heavy atom. The third-order valence-electron chi connectivity index (χ3n) is 4.73. The normalized spacial score (nSPS) is 19.5. The molecule has 1 fully saturated rings. The second-order valence-corrected chi connectivity index (χ2v) is 9.82. The Bertz CT molecular complexity index is 874. The van der Waals surface area contributed by atoms with Crippen LogP contribution in [0.25, 0.3) is 10.9 Å². The number of rotatable bonds is 3. The van der Waals surface area contributed by atoms with Gasteiger partial charge in [0.1, 0.15) is 0 Å². The van der Waals surface area contributed by atoms with Crippen molar-refractivity contribution in [2.75, 3.05) is 12.4 Å². The van der Waals surface area contributed by atoms with Gasteiger partial charge in [-0.1, -0.05) is 29.8 Å². The molecule has 0 spiro atoms. The van der Waals surface area contributed by atoms with Crippen molar-refractivity contribution >= 4 is 50.7 Å². The molecule has 1 aromatic carbocycles. The van der Waals surface area contributed by atoms with Gasteiger partial charge < -0.3 is 9.84 Å². The van der Waals surface area contributed by atoms with Crippen LogP contribution < -0.4 is 0 Å². The molecule has 0 radical (unpaired) electrons. The molecule has 0 bridgehead atoms. The van der Waals surface area contributed by atoms with Gasteiger partial charge in [-0.15, -0.1) is 0 Å². The van der Waals surface area contributed by atoms with E-state index in [2.05, 4.69) is 29.8 Å². The van der Waals surface area contributed by atoms with Crippen LogP contribution in [0.5, 0.6) is 0 Å². The maximum atomic E-state index is 12.4. The first kappa shape index (κ1) is 19.3. The zero-order valence-electron chi connectivity index (χ0n) is 15.0. The van der Waals surface area contributed by atoms with Crippen LogP contribution >= 0.6 is 27.7 Å². The predicted molar refractivity (Wildman–Crippen MR) is 108 cm³/mol. The monoisotopic (exact) mass is 439 g/mol. The lowest BCUT2D eigenvalue weighted by Gasteiger charge is -2.34. The summed E-state index contributed by atoms with van der Waals surface area (Å²) in [5, 5.41) is 10.5. The van der Waals surface area contributed by atoms with Crippen LogP contribution in [0.2, 0.25) is 0 Å². The number of esters is 1. The lowest BCUT2D eigenvalue weighted by Crippen LogP contribution is -2.25. The number of hydrogen-bond acceptors (Lipinski definition) is 4. The first-order valence-electron chi connectivity index (χ1n) is 8.62.